The molecule has 0 nitrogen and oxygen atoms in total. The molecule has 1 spiro atoms. The fourth-order valence-corrected chi connectivity index (χ4v) is 10.8. The molecule has 2 aliphatic rings. The zero-order valence-corrected chi connectivity index (χ0v) is 30.0. The molecule has 0 aromatic heterocycles. The van der Waals surface area contributed by atoms with Crippen LogP contribution in [0.4, 0.5) is 0 Å². The second-order valence-electron chi connectivity index (χ2n) is 15.5. The third-order valence-electron chi connectivity index (χ3n) is 13.0. The van der Waals surface area contributed by atoms with Gasteiger partial charge in [0.2, 0.25) is 0 Å². The smallest absolute Gasteiger partial charge is 0.0619 e. The molecule has 11 aromatic carbocycles. The maximum absolute atomic E-state index is 2.53. The number of benzene rings is 11. The fourth-order valence-electron chi connectivity index (χ4n) is 10.8. The lowest BCUT2D eigenvalue weighted by molar-refractivity contribution is 0.802. The molecule has 0 unspecified atom stereocenters. The molecular weight excluding hydrogens is 661 g/mol. The first kappa shape index (κ1) is 29.4. The van der Waals surface area contributed by atoms with Crippen LogP contribution in [0.25, 0.3) is 98.4 Å². The van der Waals surface area contributed by atoms with Gasteiger partial charge in [0.05, 0.1) is 5.41 Å². The zero-order valence-electron chi connectivity index (χ0n) is 30.0. The van der Waals surface area contributed by atoms with Crippen molar-refractivity contribution >= 4 is 53.9 Å². The van der Waals surface area contributed by atoms with Crippen molar-refractivity contribution in [3.8, 4) is 44.5 Å². The average molecular weight is 693 g/mol. The number of rotatable bonds is 2. The standard InChI is InChI=1S/C55H32/c1-2-14-41-33(10-1)24-29-47-48-31-37-22-23-38(30-39(37)32-51(48)55(54(41)47)49-18-7-5-16-44(49)45-17-6-8-19-50(45)55)40-13-3-4-15-42(40)43-27-25-36-21-20-34-11-9-12-35-26-28-46(43)53(36)52(34)35/h1-32H. The largest absolute Gasteiger partial charge is 0.0731 e. The van der Waals surface area contributed by atoms with Crippen LogP contribution in [0, 0.1) is 0 Å². The molecule has 0 amide bonds. The van der Waals surface area contributed by atoms with Gasteiger partial charge in [-0.15, -0.1) is 0 Å². The summed E-state index contributed by atoms with van der Waals surface area (Å²) in [6.07, 6.45) is 0. The second-order valence-corrected chi connectivity index (χ2v) is 15.5. The van der Waals surface area contributed by atoms with Gasteiger partial charge in [-0.3, -0.25) is 0 Å². The number of fused-ring (bicyclic) bond motifs is 13. The molecule has 0 aliphatic heterocycles. The summed E-state index contributed by atoms with van der Waals surface area (Å²) >= 11 is 0. The summed E-state index contributed by atoms with van der Waals surface area (Å²) in [7, 11) is 0. The molecule has 55 heavy (non-hydrogen) atoms. The van der Waals surface area contributed by atoms with Crippen molar-refractivity contribution in [1.29, 1.82) is 0 Å². The lowest BCUT2D eigenvalue weighted by atomic mass is 9.69. The first-order valence-electron chi connectivity index (χ1n) is 19.3. The predicted molar refractivity (Wildman–Crippen MR) is 232 cm³/mol. The molecule has 0 atom stereocenters. The molecule has 252 valence electrons. The van der Waals surface area contributed by atoms with Gasteiger partial charge in [-0.1, -0.05) is 176 Å². The monoisotopic (exact) mass is 692 g/mol. The maximum atomic E-state index is 2.53. The Hall–Kier alpha value is -7.02. The van der Waals surface area contributed by atoms with Gasteiger partial charge in [0, 0.05) is 0 Å². The highest BCUT2D eigenvalue weighted by molar-refractivity contribution is 6.25. The Bertz CT molecular complexity index is 3370. The summed E-state index contributed by atoms with van der Waals surface area (Å²) in [4.78, 5) is 0. The van der Waals surface area contributed by atoms with E-state index in [0.29, 0.717) is 0 Å². The van der Waals surface area contributed by atoms with Gasteiger partial charge in [0.1, 0.15) is 0 Å². The highest BCUT2D eigenvalue weighted by Gasteiger charge is 2.52. The van der Waals surface area contributed by atoms with Crippen LogP contribution in [-0.4, -0.2) is 0 Å². The van der Waals surface area contributed by atoms with Crippen LogP contribution in [0.3, 0.4) is 0 Å². The molecule has 0 heterocycles. The summed E-state index contributed by atoms with van der Waals surface area (Å²) in [5, 5.41) is 13.0. The van der Waals surface area contributed by atoms with Crippen molar-refractivity contribution in [1.82, 2.24) is 0 Å². The number of hydrogen-bond donors (Lipinski definition) is 0. The highest BCUT2D eigenvalue weighted by Crippen LogP contribution is 2.64. The van der Waals surface area contributed by atoms with Crippen molar-refractivity contribution < 1.29 is 0 Å². The molecule has 11 aromatic rings. The summed E-state index contributed by atoms with van der Waals surface area (Å²) < 4.78 is 0. The van der Waals surface area contributed by atoms with Crippen LogP contribution >= 0.6 is 0 Å². The van der Waals surface area contributed by atoms with E-state index < -0.39 is 5.41 Å². The van der Waals surface area contributed by atoms with Crippen LogP contribution in [0.2, 0.25) is 0 Å². The summed E-state index contributed by atoms with van der Waals surface area (Å²) in [6, 6.07) is 73.4. The Morgan fingerprint density at radius 3 is 1.64 bits per heavy atom. The van der Waals surface area contributed by atoms with Crippen molar-refractivity contribution in [2.75, 3.05) is 0 Å². The summed E-state index contributed by atoms with van der Waals surface area (Å²) in [5.41, 5.74) is 15.5. The van der Waals surface area contributed by atoms with Crippen molar-refractivity contribution in [2.45, 2.75) is 5.41 Å². The summed E-state index contributed by atoms with van der Waals surface area (Å²) in [5.74, 6) is 0. The van der Waals surface area contributed by atoms with E-state index in [1.54, 1.807) is 0 Å². The van der Waals surface area contributed by atoms with Gasteiger partial charge >= 0.3 is 0 Å². The van der Waals surface area contributed by atoms with Gasteiger partial charge in [-0.2, -0.15) is 0 Å². The van der Waals surface area contributed by atoms with E-state index in [1.807, 2.05) is 0 Å². The number of hydrogen-bond acceptors (Lipinski definition) is 0. The second kappa shape index (κ2) is 10.6. The van der Waals surface area contributed by atoms with Crippen molar-refractivity contribution in [3.05, 3.63) is 216 Å². The molecule has 0 saturated heterocycles. The molecule has 0 fully saturated rings. The third-order valence-corrected chi connectivity index (χ3v) is 13.0. The van der Waals surface area contributed by atoms with Crippen LogP contribution in [0.5, 0.6) is 0 Å². The minimum Gasteiger partial charge on any atom is -0.0619 e. The van der Waals surface area contributed by atoms with E-state index in [-0.39, 0.29) is 0 Å². The predicted octanol–water partition coefficient (Wildman–Crippen LogP) is 14.6. The lowest BCUT2D eigenvalue weighted by Crippen LogP contribution is -2.26. The minimum absolute atomic E-state index is 0.414. The van der Waals surface area contributed by atoms with Crippen LogP contribution in [-0.2, 0) is 5.41 Å². The van der Waals surface area contributed by atoms with E-state index in [1.165, 1.54) is 121 Å². The molecule has 0 N–H and O–H groups in total. The fraction of sp³-hybridized carbons (Fsp3) is 0.0182. The van der Waals surface area contributed by atoms with E-state index in [4.69, 9.17) is 0 Å². The minimum atomic E-state index is -0.414. The Balaban J connectivity index is 1.07. The SMILES string of the molecule is c1ccc(-c2ccc3ccc4cccc5ccc2c3c45)c(-c2ccc3cc4c(cc3c2)C2(c3ccccc3-c3ccccc32)c2c-4ccc3ccccc23)c1. The molecule has 2 aliphatic carbocycles. The molecule has 0 bridgehead atoms. The summed E-state index contributed by atoms with van der Waals surface area (Å²) in [6.45, 7) is 0. The van der Waals surface area contributed by atoms with Gasteiger partial charge in [-0.05, 0) is 139 Å². The quantitative estimate of drug-likeness (QED) is 0.158. The van der Waals surface area contributed by atoms with Crippen molar-refractivity contribution in [3.63, 3.8) is 0 Å². The Kier molecular flexibility index (Phi) is 5.65. The topological polar surface area (TPSA) is 0 Å². The zero-order chi connectivity index (χ0) is 35.8. The molecule has 0 saturated carbocycles. The van der Waals surface area contributed by atoms with Crippen molar-refractivity contribution in [2.24, 2.45) is 0 Å². The van der Waals surface area contributed by atoms with Gasteiger partial charge in [-0.25, -0.2) is 0 Å². The van der Waals surface area contributed by atoms with E-state index in [2.05, 4.69) is 194 Å². The Morgan fingerprint density at radius 2 is 0.836 bits per heavy atom. The average Bonchev–Trinajstić information content (AvgIpc) is 3.71. The van der Waals surface area contributed by atoms with Gasteiger partial charge in [0.15, 0.2) is 0 Å². The third kappa shape index (κ3) is 3.71. The lowest BCUT2D eigenvalue weighted by Gasteiger charge is -2.31. The van der Waals surface area contributed by atoms with Crippen LogP contribution in [0.15, 0.2) is 194 Å². The van der Waals surface area contributed by atoms with Crippen LogP contribution < -0.4 is 0 Å². The molecular formula is C55H32. The Morgan fingerprint density at radius 1 is 0.255 bits per heavy atom. The Labute approximate surface area is 318 Å². The van der Waals surface area contributed by atoms with Gasteiger partial charge < -0.3 is 0 Å². The van der Waals surface area contributed by atoms with Crippen LogP contribution in [0.1, 0.15) is 22.3 Å². The van der Waals surface area contributed by atoms with E-state index in [9.17, 15) is 0 Å². The molecule has 13 rings (SSSR count). The van der Waals surface area contributed by atoms with E-state index in [0.717, 1.165) is 0 Å². The highest BCUT2D eigenvalue weighted by atomic mass is 14.5. The maximum Gasteiger partial charge on any atom is 0.0731 e. The first-order chi connectivity index (χ1) is 27.3. The van der Waals surface area contributed by atoms with E-state index >= 15 is 0 Å². The molecule has 0 heteroatoms. The normalized spacial score (nSPS) is 13.6. The first-order valence-corrected chi connectivity index (χ1v) is 19.3. The molecule has 0 radical (unpaired) electrons. The van der Waals surface area contributed by atoms with Gasteiger partial charge in [0.25, 0.3) is 0 Å².